The fourth-order valence-corrected chi connectivity index (χ4v) is 3.18. The molecule has 1 aromatic carbocycles. The van der Waals surface area contributed by atoms with E-state index in [0.717, 1.165) is 7.11 Å². The molecule has 184 valence electrons. The van der Waals surface area contributed by atoms with Gasteiger partial charge in [0, 0.05) is 0 Å². The van der Waals surface area contributed by atoms with Crippen molar-refractivity contribution in [2.75, 3.05) is 25.7 Å². The number of thioether (sulfide) groups is 1. The Hall–Kier alpha value is -2.79. The van der Waals surface area contributed by atoms with Gasteiger partial charge < -0.3 is 30.5 Å². The van der Waals surface area contributed by atoms with Gasteiger partial charge in [-0.15, -0.1) is 0 Å². The Bertz CT molecular complexity index is 799. The summed E-state index contributed by atoms with van der Waals surface area (Å²) >= 11 is 1.50. The molecule has 0 aliphatic heterocycles. The zero-order valence-electron chi connectivity index (χ0n) is 19.5. The van der Waals surface area contributed by atoms with Gasteiger partial charge >= 0.3 is 12.1 Å². The average Bonchev–Trinajstić information content (AvgIpc) is 2.76. The Kier molecular flexibility index (Phi) is 11.7. The van der Waals surface area contributed by atoms with Crippen LogP contribution in [0.5, 0.6) is 0 Å². The predicted octanol–water partition coefficient (Wildman–Crippen LogP) is 1.14. The molecule has 0 aliphatic rings. The van der Waals surface area contributed by atoms with Crippen LogP contribution in [-0.4, -0.2) is 72.3 Å². The minimum Gasteiger partial charge on any atom is -0.467 e. The van der Waals surface area contributed by atoms with Crippen LogP contribution in [0.2, 0.25) is 0 Å². The first-order chi connectivity index (χ1) is 15.5. The molecule has 11 heteroatoms. The summed E-state index contributed by atoms with van der Waals surface area (Å²) in [7, 11) is 1.14. The van der Waals surface area contributed by atoms with Crippen LogP contribution in [0.4, 0.5) is 4.79 Å². The van der Waals surface area contributed by atoms with Gasteiger partial charge in [-0.3, -0.25) is 9.59 Å². The van der Waals surface area contributed by atoms with E-state index in [2.05, 4.69) is 20.7 Å². The normalized spacial score (nSPS) is 13.8. The van der Waals surface area contributed by atoms with Crippen molar-refractivity contribution in [1.82, 2.24) is 16.0 Å². The average molecular weight is 484 g/mol. The third-order valence-corrected chi connectivity index (χ3v) is 4.91. The number of esters is 1. The molecule has 0 saturated heterocycles. The van der Waals surface area contributed by atoms with E-state index in [1.807, 2.05) is 6.26 Å². The zero-order chi connectivity index (χ0) is 25.0. The van der Waals surface area contributed by atoms with Crippen molar-refractivity contribution in [1.29, 1.82) is 0 Å². The number of aliphatic hydroxyl groups excluding tert-OH is 1. The highest BCUT2D eigenvalue weighted by Gasteiger charge is 2.31. The lowest BCUT2D eigenvalue weighted by atomic mass is 10.0. The molecule has 1 aromatic rings. The molecule has 10 nitrogen and oxygen atoms in total. The summed E-state index contributed by atoms with van der Waals surface area (Å²) in [4.78, 5) is 49.1. The molecular formula is C22H33N3O7S. The molecule has 0 radical (unpaired) electrons. The predicted molar refractivity (Wildman–Crippen MR) is 125 cm³/mol. The van der Waals surface area contributed by atoms with Crippen LogP contribution in [0.25, 0.3) is 0 Å². The van der Waals surface area contributed by atoms with E-state index in [9.17, 15) is 24.3 Å². The SMILES string of the molecule is COC(=O)[C@@H](NC(=O)CNC(=O)[C@@H](CCSC)NC(=O)OC(C)(C)C)C(O)c1ccccc1. The maximum atomic E-state index is 12.6. The fraction of sp³-hybridized carbons (Fsp3) is 0.545. The van der Waals surface area contributed by atoms with Crippen molar-refractivity contribution in [2.24, 2.45) is 0 Å². The highest BCUT2D eigenvalue weighted by Crippen LogP contribution is 2.17. The van der Waals surface area contributed by atoms with Crippen LogP contribution in [0.15, 0.2) is 30.3 Å². The molecule has 1 rings (SSSR count). The molecule has 33 heavy (non-hydrogen) atoms. The highest BCUT2D eigenvalue weighted by molar-refractivity contribution is 7.98. The Morgan fingerprint density at radius 1 is 1.09 bits per heavy atom. The molecule has 0 heterocycles. The Labute approximate surface area is 198 Å². The van der Waals surface area contributed by atoms with Gasteiger partial charge in [0.25, 0.3) is 0 Å². The van der Waals surface area contributed by atoms with Crippen molar-refractivity contribution in [3.63, 3.8) is 0 Å². The number of rotatable bonds is 11. The number of amides is 3. The first-order valence-electron chi connectivity index (χ1n) is 10.3. The fourth-order valence-electron chi connectivity index (χ4n) is 2.71. The van der Waals surface area contributed by atoms with Gasteiger partial charge in [0.2, 0.25) is 11.8 Å². The van der Waals surface area contributed by atoms with Crippen molar-refractivity contribution in [3.05, 3.63) is 35.9 Å². The van der Waals surface area contributed by atoms with E-state index < -0.39 is 54.2 Å². The standard InChI is InChI=1S/C22H33N3O7S/c1-22(2,3)32-21(30)24-15(11-12-33-5)19(28)23-13-16(26)25-17(20(29)31-4)18(27)14-9-7-6-8-10-14/h6-10,15,17-18,27H,11-13H2,1-5H3,(H,23,28)(H,24,30)(H,25,26)/t15-,17+,18?/m1/s1. The summed E-state index contributed by atoms with van der Waals surface area (Å²) in [6.07, 6.45) is 0.0955. The maximum Gasteiger partial charge on any atom is 0.408 e. The summed E-state index contributed by atoms with van der Waals surface area (Å²) in [5, 5.41) is 17.8. The van der Waals surface area contributed by atoms with Gasteiger partial charge in [-0.25, -0.2) is 9.59 Å². The smallest absolute Gasteiger partial charge is 0.408 e. The zero-order valence-corrected chi connectivity index (χ0v) is 20.4. The molecule has 3 amide bonds. The Morgan fingerprint density at radius 3 is 2.27 bits per heavy atom. The monoisotopic (exact) mass is 483 g/mol. The number of carbonyl (C=O) groups excluding carboxylic acids is 4. The number of nitrogens with one attached hydrogen (secondary N) is 3. The molecule has 0 aromatic heterocycles. The molecule has 0 bridgehead atoms. The number of hydrogen-bond acceptors (Lipinski definition) is 8. The van der Waals surface area contributed by atoms with Crippen LogP contribution in [0.1, 0.15) is 38.9 Å². The van der Waals surface area contributed by atoms with Crippen molar-refractivity contribution >= 4 is 35.6 Å². The molecular weight excluding hydrogens is 450 g/mol. The number of hydrogen-bond donors (Lipinski definition) is 4. The summed E-state index contributed by atoms with van der Waals surface area (Å²) < 4.78 is 9.87. The minimum atomic E-state index is -1.37. The van der Waals surface area contributed by atoms with E-state index in [1.165, 1.54) is 11.8 Å². The van der Waals surface area contributed by atoms with E-state index >= 15 is 0 Å². The van der Waals surface area contributed by atoms with Crippen LogP contribution >= 0.6 is 11.8 Å². The van der Waals surface area contributed by atoms with Gasteiger partial charge in [0.15, 0.2) is 6.04 Å². The highest BCUT2D eigenvalue weighted by atomic mass is 32.2. The van der Waals surface area contributed by atoms with Gasteiger partial charge in [-0.2, -0.15) is 11.8 Å². The number of aliphatic hydroxyl groups is 1. The summed E-state index contributed by atoms with van der Waals surface area (Å²) in [6, 6.07) is 6.04. The Balaban J connectivity index is 2.75. The first-order valence-corrected chi connectivity index (χ1v) is 11.7. The second-order valence-electron chi connectivity index (χ2n) is 8.12. The maximum absolute atomic E-state index is 12.6. The van der Waals surface area contributed by atoms with Crippen LogP contribution in [-0.2, 0) is 23.9 Å². The van der Waals surface area contributed by atoms with Gasteiger partial charge in [-0.05, 0) is 44.8 Å². The Morgan fingerprint density at radius 2 is 1.73 bits per heavy atom. The third kappa shape index (κ3) is 10.6. The van der Waals surface area contributed by atoms with E-state index in [0.29, 0.717) is 17.7 Å². The summed E-state index contributed by atoms with van der Waals surface area (Å²) in [5.74, 6) is -1.54. The van der Waals surface area contributed by atoms with Crippen LogP contribution < -0.4 is 16.0 Å². The van der Waals surface area contributed by atoms with E-state index in [4.69, 9.17) is 4.74 Å². The molecule has 1 unspecified atom stereocenters. The summed E-state index contributed by atoms with van der Waals surface area (Å²) in [5.41, 5.74) is -0.316. The van der Waals surface area contributed by atoms with Gasteiger partial charge in [0.1, 0.15) is 17.7 Å². The lowest BCUT2D eigenvalue weighted by molar-refractivity contribution is -0.148. The number of benzene rings is 1. The number of alkyl carbamates (subject to hydrolysis) is 1. The third-order valence-electron chi connectivity index (χ3n) is 4.27. The number of methoxy groups -OCH3 is 1. The van der Waals surface area contributed by atoms with Gasteiger partial charge in [0.05, 0.1) is 13.7 Å². The largest absolute Gasteiger partial charge is 0.467 e. The minimum absolute atomic E-state index is 0.325. The molecule has 0 spiro atoms. The van der Waals surface area contributed by atoms with E-state index in [1.54, 1.807) is 51.1 Å². The topological polar surface area (TPSA) is 143 Å². The van der Waals surface area contributed by atoms with Crippen molar-refractivity contribution in [2.45, 2.75) is 51.0 Å². The molecule has 4 N–H and O–H groups in total. The quantitative estimate of drug-likeness (QED) is 0.343. The molecule has 0 saturated carbocycles. The number of carbonyl (C=O) groups is 4. The lowest BCUT2D eigenvalue weighted by Crippen LogP contribution is -2.52. The second-order valence-corrected chi connectivity index (χ2v) is 9.11. The van der Waals surface area contributed by atoms with Gasteiger partial charge in [-0.1, -0.05) is 30.3 Å². The van der Waals surface area contributed by atoms with Crippen molar-refractivity contribution < 1.29 is 33.8 Å². The van der Waals surface area contributed by atoms with E-state index in [-0.39, 0.29) is 0 Å². The summed E-state index contributed by atoms with van der Waals surface area (Å²) in [6.45, 7) is 4.64. The molecule has 0 aliphatic carbocycles. The number of ether oxygens (including phenoxy) is 2. The lowest BCUT2D eigenvalue weighted by Gasteiger charge is -2.24. The van der Waals surface area contributed by atoms with Crippen LogP contribution in [0.3, 0.4) is 0 Å². The first kappa shape index (κ1) is 28.2. The van der Waals surface area contributed by atoms with Crippen LogP contribution in [0, 0.1) is 0 Å². The molecule has 0 fully saturated rings. The molecule has 3 atom stereocenters. The van der Waals surface area contributed by atoms with Crippen molar-refractivity contribution in [3.8, 4) is 0 Å². The second kappa shape index (κ2) is 13.7.